The molecule has 0 fully saturated rings. The molecule has 0 aliphatic rings. The third kappa shape index (κ3) is 3.71. The molecular weight excluding hydrogens is 310 g/mol. The number of nitrogens with one attached hydrogen (secondary N) is 1. The molecule has 2 aromatic carbocycles. The third-order valence-corrected chi connectivity index (χ3v) is 4.01. The lowest BCUT2D eigenvalue weighted by Crippen LogP contribution is -2.24. The molecule has 1 nitrogen and oxygen atoms in total. The number of hydrogen-bond acceptors (Lipinski definition) is 1. The van der Waals surface area contributed by atoms with Crippen LogP contribution in [0.1, 0.15) is 41.6 Å². The van der Waals surface area contributed by atoms with Crippen LogP contribution in [0, 0.1) is 13.8 Å². The summed E-state index contributed by atoms with van der Waals surface area (Å²) in [5.74, 6) is 0. The Hall–Kier alpha value is -1.12. The van der Waals surface area contributed by atoms with Crippen LogP contribution < -0.4 is 5.32 Å². The van der Waals surface area contributed by atoms with E-state index in [1.165, 1.54) is 22.3 Å². The first kappa shape index (κ1) is 15.3. The Morgan fingerprint density at radius 3 is 2.55 bits per heavy atom. The van der Waals surface area contributed by atoms with Gasteiger partial charge in [0.1, 0.15) is 0 Å². The molecule has 2 rings (SSSR count). The summed E-state index contributed by atoms with van der Waals surface area (Å²) in [5.41, 5.74) is 5.31. The van der Waals surface area contributed by atoms with Gasteiger partial charge in [-0.25, -0.2) is 0 Å². The second kappa shape index (κ2) is 7.05. The molecule has 0 aliphatic carbocycles. The van der Waals surface area contributed by atoms with E-state index in [-0.39, 0.29) is 6.04 Å². The van der Waals surface area contributed by atoms with Crippen LogP contribution in [0.3, 0.4) is 0 Å². The highest BCUT2D eigenvalue weighted by molar-refractivity contribution is 9.10. The summed E-state index contributed by atoms with van der Waals surface area (Å²) in [5, 5.41) is 3.67. The fourth-order valence-electron chi connectivity index (χ4n) is 2.51. The van der Waals surface area contributed by atoms with Crippen LogP contribution in [0.4, 0.5) is 0 Å². The van der Waals surface area contributed by atoms with E-state index in [0.717, 1.165) is 17.4 Å². The average molecular weight is 332 g/mol. The predicted octanol–water partition coefficient (Wildman–Crippen LogP) is 5.15. The molecule has 0 saturated heterocycles. The van der Waals surface area contributed by atoms with Crippen LogP contribution in [-0.4, -0.2) is 6.54 Å². The quantitative estimate of drug-likeness (QED) is 0.798. The summed E-state index contributed by atoms with van der Waals surface area (Å²) in [4.78, 5) is 0. The Kier molecular flexibility index (Phi) is 5.38. The van der Waals surface area contributed by atoms with E-state index < -0.39 is 0 Å². The SMILES string of the molecule is CCCNC(c1cccc(C)c1)c1ccc(Br)cc1C. The maximum Gasteiger partial charge on any atom is 0.0579 e. The van der Waals surface area contributed by atoms with Crippen molar-refractivity contribution in [2.75, 3.05) is 6.54 Å². The Morgan fingerprint density at radius 1 is 1.10 bits per heavy atom. The van der Waals surface area contributed by atoms with Gasteiger partial charge in [0.2, 0.25) is 0 Å². The summed E-state index contributed by atoms with van der Waals surface area (Å²) < 4.78 is 1.14. The van der Waals surface area contributed by atoms with Gasteiger partial charge in [-0.05, 0) is 55.6 Å². The predicted molar refractivity (Wildman–Crippen MR) is 90.2 cm³/mol. The molecule has 0 amide bonds. The fourth-order valence-corrected chi connectivity index (χ4v) is 2.98. The van der Waals surface area contributed by atoms with Crippen LogP contribution in [0.5, 0.6) is 0 Å². The topological polar surface area (TPSA) is 12.0 Å². The zero-order chi connectivity index (χ0) is 14.5. The Balaban J connectivity index is 2.41. The minimum atomic E-state index is 0.267. The number of hydrogen-bond donors (Lipinski definition) is 1. The highest BCUT2D eigenvalue weighted by Crippen LogP contribution is 2.27. The van der Waals surface area contributed by atoms with Gasteiger partial charge in [0.15, 0.2) is 0 Å². The van der Waals surface area contributed by atoms with Crippen LogP contribution in [0.25, 0.3) is 0 Å². The molecule has 0 aliphatic heterocycles. The molecule has 1 atom stereocenters. The molecule has 1 N–H and O–H groups in total. The minimum absolute atomic E-state index is 0.267. The molecule has 0 radical (unpaired) electrons. The van der Waals surface area contributed by atoms with E-state index in [1.807, 2.05) is 0 Å². The molecule has 20 heavy (non-hydrogen) atoms. The normalized spacial score (nSPS) is 12.4. The van der Waals surface area contributed by atoms with Gasteiger partial charge < -0.3 is 5.32 Å². The van der Waals surface area contributed by atoms with Crippen molar-refractivity contribution in [3.8, 4) is 0 Å². The Bertz CT molecular complexity index is 577. The molecule has 2 aromatic rings. The van der Waals surface area contributed by atoms with Gasteiger partial charge in [0.25, 0.3) is 0 Å². The fraction of sp³-hybridized carbons (Fsp3) is 0.333. The Labute approximate surface area is 130 Å². The average Bonchev–Trinajstić information content (AvgIpc) is 2.41. The van der Waals surface area contributed by atoms with Gasteiger partial charge in [0.05, 0.1) is 6.04 Å². The molecule has 0 saturated carbocycles. The van der Waals surface area contributed by atoms with Crippen LogP contribution in [-0.2, 0) is 0 Å². The van der Waals surface area contributed by atoms with Crippen LogP contribution >= 0.6 is 15.9 Å². The maximum atomic E-state index is 3.67. The maximum absolute atomic E-state index is 3.67. The second-order valence-electron chi connectivity index (χ2n) is 5.30. The van der Waals surface area contributed by atoms with Gasteiger partial charge in [-0.15, -0.1) is 0 Å². The molecule has 1 unspecified atom stereocenters. The molecule has 0 heterocycles. The second-order valence-corrected chi connectivity index (χ2v) is 6.22. The first-order valence-electron chi connectivity index (χ1n) is 7.18. The lowest BCUT2D eigenvalue weighted by Gasteiger charge is -2.22. The van der Waals surface area contributed by atoms with E-state index in [1.54, 1.807) is 0 Å². The lowest BCUT2D eigenvalue weighted by atomic mass is 9.94. The molecular formula is C18H22BrN. The van der Waals surface area contributed by atoms with E-state index in [2.05, 4.69) is 84.5 Å². The van der Waals surface area contributed by atoms with Crippen molar-refractivity contribution in [1.82, 2.24) is 5.32 Å². The zero-order valence-corrected chi connectivity index (χ0v) is 14.0. The van der Waals surface area contributed by atoms with Crippen LogP contribution in [0.15, 0.2) is 46.9 Å². The third-order valence-electron chi connectivity index (χ3n) is 3.52. The van der Waals surface area contributed by atoms with Gasteiger partial charge in [-0.2, -0.15) is 0 Å². The van der Waals surface area contributed by atoms with Crippen LogP contribution in [0.2, 0.25) is 0 Å². The van der Waals surface area contributed by atoms with E-state index in [4.69, 9.17) is 0 Å². The van der Waals surface area contributed by atoms with E-state index in [9.17, 15) is 0 Å². The van der Waals surface area contributed by atoms with Crippen molar-refractivity contribution in [3.63, 3.8) is 0 Å². The largest absolute Gasteiger partial charge is 0.306 e. The smallest absolute Gasteiger partial charge is 0.0579 e. The van der Waals surface area contributed by atoms with E-state index >= 15 is 0 Å². The van der Waals surface area contributed by atoms with Crippen molar-refractivity contribution in [2.45, 2.75) is 33.2 Å². The highest BCUT2D eigenvalue weighted by atomic mass is 79.9. The lowest BCUT2D eigenvalue weighted by molar-refractivity contribution is 0.596. The number of halogens is 1. The Morgan fingerprint density at radius 2 is 1.90 bits per heavy atom. The summed E-state index contributed by atoms with van der Waals surface area (Å²) >= 11 is 3.55. The standard InChI is InChI=1S/C18H22BrN/c1-4-10-20-18(15-7-5-6-13(2)11-15)17-9-8-16(19)12-14(17)3/h5-9,11-12,18,20H,4,10H2,1-3H3. The molecule has 106 valence electrons. The summed E-state index contributed by atoms with van der Waals surface area (Å²) in [6, 6.07) is 15.6. The van der Waals surface area contributed by atoms with Crippen molar-refractivity contribution in [1.29, 1.82) is 0 Å². The molecule has 0 bridgehead atoms. The van der Waals surface area contributed by atoms with Gasteiger partial charge in [-0.1, -0.05) is 58.7 Å². The highest BCUT2D eigenvalue weighted by Gasteiger charge is 2.15. The van der Waals surface area contributed by atoms with Gasteiger partial charge in [0, 0.05) is 4.47 Å². The summed E-state index contributed by atoms with van der Waals surface area (Å²) in [7, 11) is 0. The summed E-state index contributed by atoms with van der Waals surface area (Å²) in [6.07, 6.45) is 1.14. The minimum Gasteiger partial charge on any atom is -0.306 e. The van der Waals surface area contributed by atoms with Gasteiger partial charge in [-0.3, -0.25) is 0 Å². The molecule has 0 spiro atoms. The summed E-state index contributed by atoms with van der Waals surface area (Å²) in [6.45, 7) is 7.55. The zero-order valence-electron chi connectivity index (χ0n) is 12.4. The van der Waals surface area contributed by atoms with E-state index in [0.29, 0.717) is 0 Å². The van der Waals surface area contributed by atoms with Crippen molar-refractivity contribution >= 4 is 15.9 Å². The van der Waals surface area contributed by atoms with Crippen molar-refractivity contribution in [2.24, 2.45) is 0 Å². The number of rotatable bonds is 5. The number of aryl methyl sites for hydroxylation is 2. The molecule has 2 heteroatoms. The van der Waals surface area contributed by atoms with Crippen molar-refractivity contribution in [3.05, 3.63) is 69.2 Å². The van der Waals surface area contributed by atoms with Crippen molar-refractivity contribution < 1.29 is 0 Å². The molecule has 0 aromatic heterocycles. The number of benzene rings is 2. The first-order chi connectivity index (χ1) is 9.61. The van der Waals surface area contributed by atoms with Gasteiger partial charge >= 0.3 is 0 Å². The monoisotopic (exact) mass is 331 g/mol. The first-order valence-corrected chi connectivity index (χ1v) is 7.97.